The second kappa shape index (κ2) is 4.53. The average molecular weight is 262 g/mol. The summed E-state index contributed by atoms with van der Waals surface area (Å²) in [6, 6.07) is 0. The average Bonchev–Trinajstić information content (AvgIpc) is 2.90. The molecule has 3 heterocycles. The number of nitrogens with zero attached hydrogens (tertiary/aromatic N) is 2. The number of aromatic nitrogens is 2. The van der Waals surface area contributed by atoms with E-state index in [1.165, 1.54) is 0 Å². The summed E-state index contributed by atoms with van der Waals surface area (Å²) < 4.78 is 12.4. The third kappa shape index (κ3) is 2.17. The van der Waals surface area contributed by atoms with Crippen LogP contribution in [0.5, 0.6) is 0 Å². The van der Waals surface area contributed by atoms with Gasteiger partial charge in [-0.25, -0.2) is 0 Å². The molecule has 2 bridgehead atoms. The molecule has 1 aromatic rings. The first-order valence-corrected chi connectivity index (χ1v) is 7.11. The minimum atomic E-state index is -0.119. The van der Waals surface area contributed by atoms with Gasteiger partial charge in [0.1, 0.15) is 0 Å². The lowest BCUT2D eigenvalue weighted by molar-refractivity contribution is -0.0963. The molecule has 0 aliphatic carbocycles. The summed E-state index contributed by atoms with van der Waals surface area (Å²) in [5, 5.41) is 0. The second-order valence-electron chi connectivity index (χ2n) is 6.33. The van der Waals surface area contributed by atoms with Gasteiger partial charge >= 0.3 is 0 Å². The fourth-order valence-electron chi connectivity index (χ4n) is 3.39. The van der Waals surface area contributed by atoms with Crippen molar-refractivity contribution >= 4 is 0 Å². The van der Waals surface area contributed by atoms with E-state index in [0.29, 0.717) is 12.5 Å². The number of hydrogen-bond acceptors (Lipinski definition) is 4. The van der Waals surface area contributed by atoms with E-state index >= 15 is 0 Å². The van der Waals surface area contributed by atoms with Crippen LogP contribution in [0.4, 0.5) is 0 Å². The van der Waals surface area contributed by atoms with E-state index in [4.69, 9.17) is 9.47 Å². The van der Waals surface area contributed by atoms with Gasteiger partial charge in [-0.2, -0.15) is 0 Å². The molecule has 0 spiro atoms. The van der Waals surface area contributed by atoms with E-state index in [9.17, 15) is 0 Å². The van der Waals surface area contributed by atoms with Crippen LogP contribution in [0.15, 0.2) is 18.6 Å². The Morgan fingerprint density at radius 1 is 1.42 bits per heavy atom. The maximum absolute atomic E-state index is 6.35. The third-order valence-corrected chi connectivity index (χ3v) is 4.79. The summed E-state index contributed by atoms with van der Waals surface area (Å²) in [5.74, 6) is 0.541. The van der Waals surface area contributed by atoms with Crippen molar-refractivity contribution in [3.8, 4) is 0 Å². The van der Waals surface area contributed by atoms with E-state index < -0.39 is 0 Å². The monoisotopic (exact) mass is 262 g/mol. The molecule has 2 saturated heterocycles. The number of hydrogen-bond donors (Lipinski definition) is 0. The van der Waals surface area contributed by atoms with Gasteiger partial charge in [0.15, 0.2) is 0 Å². The lowest BCUT2D eigenvalue weighted by atomic mass is 9.75. The van der Waals surface area contributed by atoms with Crippen molar-refractivity contribution in [2.45, 2.75) is 63.9 Å². The van der Waals surface area contributed by atoms with Gasteiger partial charge < -0.3 is 9.47 Å². The first-order chi connectivity index (χ1) is 9.04. The fourth-order valence-corrected chi connectivity index (χ4v) is 3.39. The minimum Gasteiger partial charge on any atom is -0.369 e. The zero-order valence-corrected chi connectivity index (χ0v) is 11.9. The molecule has 19 heavy (non-hydrogen) atoms. The number of ether oxygens (including phenoxy) is 2. The molecule has 0 aromatic carbocycles. The molecule has 0 N–H and O–H groups in total. The minimum absolute atomic E-state index is 0.0295. The van der Waals surface area contributed by atoms with Gasteiger partial charge in [-0.3, -0.25) is 9.97 Å². The van der Waals surface area contributed by atoms with Gasteiger partial charge in [0.2, 0.25) is 0 Å². The topological polar surface area (TPSA) is 44.2 Å². The third-order valence-electron chi connectivity index (χ3n) is 4.79. The van der Waals surface area contributed by atoms with E-state index in [0.717, 1.165) is 25.0 Å². The van der Waals surface area contributed by atoms with E-state index in [-0.39, 0.29) is 17.3 Å². The zero-order chi connectivity index (χ0) is 13.5. The van der Waals surface area contributed by atoms with Crippen LogP contribution in [-0.4, -0.2) is 27.3 Å². The Kier molecular flexibility index (Phi) is 3.10. The first kappa shape index (κ1) is 13.0. The van der Waals surface area contributed by atoms with Crippen molar-refractivity contribution in [2.24, 2.45) is 5.92 Å². The van der Waals surface area contributed by atoms with E-state index in [1.807, 2.05) is 0 Å². The Morgan fingerprint density at radius 2 is 2.26 bits per heavy atom. The van der Waals surface area contributed by atoms with Gasteiger partial charge in [-0.05, 0) is 25.7 Å². The molecular weight excluding hydrogens is 240 g/mol. The summed E-state index contributed by atoms with van der Waals surface area (Å²) in [4.78, 5) is 8.31. The van der Waals surface area contributed by atoms with Crippen LogP contribution in [0, 0.1) is 5.92 Å². The lowest BCUT2D eigenvalue weighted by Gasteiger charge is -2.31. The Morgan fingerprint density at radius 3 is 2.89 bits per heavy atom. The molecule has 0 saturated carbocycles. The highest BCUT2D eigenvalue weighted by Gasteiger charge is 2.60. The molecule has 4 heteroatoms. The molecule has 2 aliphatic heterocycles. The van der Waals surface area contributed by atoms with Crippen LogP contribution in [0.25, 0.3) is 0 Å². The number of fused-ring (bicyclic) bond motifs is 2. The van der Waals surface area contributed by atoms with Crippen LogP contribution in [0.2, 0.25) is 0 Å². The Hall–Kier alpha value is -1.00. The van der Waals surface area contributed by atoms with Crippen molar-refractivity contribution in [1.29, 1.82) is 0 Å². The van der Waals surface area contributed by atoms with E-state index in [1.54, 1.807) is 18.6 Å². The molecule has 3 rings (SSSR count). The van der Waals surface area contributed by atoms with Crippen molar-refractivity contribution < 1.29 is 9.47 Å². The molecule has 2 fully saturated rings. The Bertz CT molecular complexity index is 451. The Labute approximate surface area is 114 Å². The maximum Gasteiger partial charge on any atom is 0.0925 e. The zero-order valence-electron chi connectivity index (χ0n) is 11.9. The summed E-state index contributed by atoms with van der Waals surface area (Å²) in [7, 11) is 0. The van der Waals surface area contributed by atoms with Crippen LogP contribution < -0.4 is 0 Å². The molecule has 1 aromatic heterocycles. The standard InChI is InChI=1S/C15H22N2O2/c1-11(2)15-5-4-14(3,19-15)13(8-15)18-10-12-9-16-6-7-17-12/h6-7,9,11,13H,4-5,8,10H2,1-3H3/t13-,14+,15-/m0/s1. The van der Waals surface area contributed by atoms with Gasteiger partial charge in [0.05, 0.1) is 35.8 Å². The molecule has 0 amide bonds. The number of rotatable bonds is 4. The highest BCUT2D eigenvalue weighted by atomic mass is 16.6. The van der Waals surface area contributed by atoms with Crippen molar-refractivity contribution in [2.75, 3.05) is 0 Å². The van der Waals surface area contributed by atoms with Crippen LogP contribution >= 0.6 is 0 Å². The van der Waals surface area contributed by atoms with Gasteiger partial charge in [-0.1, -0.05) is 13.8 Å². The molecule has 2 aliphatic rings. The SMILES string of the molecule is CC(C)[C@@]12CC[C@@](C)(O1)[C@@H](OCc1cnccn1)C2. The van der Waals surface area contributed by atoms with Crippen LogP contribution in [0.1, 0.15) is 45.7 Å². The molecule has 104 valence electrons. The van der Waals surface area contributed by atoms with E-state index in [2.05, 4.69) is 30.7 Å². The van der Waals surface area contributed by atoms with Crippen molar-refractivity contribution in [3.05, 3.63) is 24.3 Å². The summed E-state index contributed by atoms with van der Waals surface area (Å²) in [6.07, 6.45) is 8.57. The summed E-state index contributed by atoms with van der Waals surface area (Å²) in [6.45, 7) is 7.20. The first-order valence-electron chi connectivity index (χ1n) is 7.11. The molecule has 3 atom stereocenters. The maximum atomic E-state index is 6.35. The molecule has 0 radical (unpaired) electrons. The van der Waals surface area contributed by atoms with Gasteiger partial charge in [0.25, 0.3) is 0 Å². The van der Waals surface area contributed by atoms with Crippen LogP contribution in [0.3, 0.4) is 0 Å². The quantitative estimate of drug-likeness (QED) is 0.837. The molecule has 4 nitrogen and oxygen atoms in total. The summed E-state index contributed by atoms with van der Waals surface area (Å²) in [5.41, 5.74) is 0.793. The second-order valence-corrected chi connectivity index (χ2v) is 6.33. The largest absolute Gasteiger partial charge is 0.369 e. The normalized spacial score (nSPS) is 37.2. The molecular formula is C15H22N2O2. The van der Waals surface area contributed by atoms with Crippen molar-refractivity contribution in [3.63, 3.8) is 0 Å². The van der Waals surface area contributed by atoms with Gasteiger partial charge in [0, 0.05) is 18.8 Å². The predicted molar refractivity (Wildman–Crippen MR) is 71.5 cm³/mol. The van der Waals surface area contributed by atoms with Gasteiger partial charge in [-0.15, -0.1) is 0 Å². The lowest BCUT2D eigenvalue weighted by Crippen LogP contribution is -2.38. The highest BCUT2D eigenvalue weighted by Crippen LogP contribution is 2.55. The highest BCUT2D eigenvalue weighted by molar-refractivity contribution is 5.10. The Balaban J connectivity index is 1.67. The molecule has 0 unspecified atom stereocenters. The summed E-state index contributed by atoms with van der Waals surface area (Å²) >= 11 is 0. The van der Waals surface area contributed by atoms with Crippen LogP contribution in [-0.2, 0) is 16.1 Å². The predicted octanol–water partition coefficient (Wildman–Crippen LogP) is 2.73. The fraction of sp³-hybridized carbons (Fsp3) is 0.733. The smallest absolute Gasteiger partial charge is 0.0925 e. The van der Waals surface area contributed by atoms with Crippen molar-refractivity contribution in [1.82, 2.24) is 9.97 Å².